The first-order valence-electron chi connectivity index (χ1n) is 9.98. The molecule has 0 saturated carbocycles. The zero-order valence-electron chi connectivity index (χ0n) is 18.1. The van der Waals surface area contributed by atoms with Crippen molar-refractivity contribution in [2.45, 2.75) is 32.1 Å². The van der Waals surface area contributed by atoms with Gasteiger partial charge in [0.25, 0.3) is 5.56 Å². The zero-order chi connectivity index (χ0) is 22.5. The van der Waals surface area contributed by atoms with Gasteiger partial charge in [0, 0.05) is 25.2 Å². The van der Waals surface area contributed by atoms with Gasteiger partial charge in [0.05, 0.1) is 23.8 Å². The normalized spacial score (nSPS) is 11.2. The molecule has 0 aliphatic rings. The Morgan fingerprint density at radius 2 is 2.03 bits per heavy atom. The Labute approximate surface area is 191 Å². The summed E-state index contributed by atoms with van der Waals surface area (Å²) < 4.78 is 6.89. The molecule has 0 spiro atoms. The Balaban J connectivity index is 1.79. The summed E-state index contributed by atoms with van der Waals surface area (Å²) in [6.07, 6.45) is 0. The Morgan fingerprint density at radius 3 is 2.74 bits per heavy atom. The quantitative estimate of drug-likeness (QED) is 0.367. The molecule has 31 heavy (non-hydrogen) atoms. The van der Waals surface area contributed by atoms with Crippen molar-refractivity contribution in [1.29, 1.82) is 0 Å². The summed E-state index contributed by atoms with van der Waals surface area (Å²) in [6.45, 7) is 5.07. The first kappa shape index (κ1) is 23.2. The fraction of sp³-hybridized carbons (Fsp3) is 0.348. The number of nitrogens with zero attached hydrogens (tertiary/aromatic N) is 3. The maximum atomic E-state index is 13.1. The van der Waals surface area contributed by atoms with Crippen molar-refractivity contribution in [2.24, 2.45) is 5.92 Å². The Morgan fingerprint density at radius 1 is 1.26 bits per heavy atom. The van der Waals surface area contributed by atoms with Crippen LogP contribution >= 0.6 is 23.4 Å². The van der Waals surface area contributed by atoms with Gasteiger partial charge in [0.1, 0.15) is 5.75 Å². The van der Waals surface area contributed by atoms with Crippen molar-refractivity contribution in [1.82, 2.24) is 14.5 Å². The smallest absolute Gasteiger partial charge is 0.262 e. The van der Waals surface area contributed by atoms with Gasteiger partial charge in [-0.3, -0.25) is 14.2 Å². The van der Waals surface area contributed by atoms with E-state index in [1.54, 1.807) is 41.8 Å². The molecule has 1 aromatic heterocycles. The van der Waals surface area contributed by atoms with Crippen LogP contribution in [0.3, 0.4) is 0 Å². The first-order chi connectivity index (χ1) is 14.8. The predicted molar refractivity (Wildman–Crippen MR) is 126 cm³/mol. The van der Waals surface area contributed by atoms with Gasteiger partial charge in [-0.25, -0.2) is 4.98 Å². The van der Waals surface area contributed by atoms with Crippen molar-refractivity contribution in [2.75, 3.05) is 19.9 Å². The molecule has 3 aromatic rings. The van der Waals surface area contributed by atoms with Crippen molar-refractivity contribution in [3.63, 3.8) is 0 Å². The van der Waals surface area contributed by atoms with E-state index < -0.39 is 0 Å². The lowest BCUT2D eigenvalue weighted by Gasteiger charge is -2.19. The van der Waals surface area contributed by atoms with Gasteiger partial charge >= 0.3 is 0 Å². The molecule has 0 radical (unpaired) electrons. The number of amides is 1. The third-order valence-electron chi connectivity index (χ3n) is 4.73. The summed E-state index contributed by atoms with van der Waals surface area (Å²) in [7, 11) is 3.38. The maximum Gasteiger partial charge on any atom is 0.262 e. The summed E-state index contributed by atoms with van der Waals surface area (Å²) in [6, 6.07) is 12.7. The first-order valence-corrected chi connectivity index (χ1v) is 11.3. The molecule has 3 rings (SSSR count). The Hall–Kier alpha value is -2.51. The number of carbonyl (C=O) groups is 1. The molecular weight excluding hydrogens is 434 g/mol. The largest absolute Gasteiger partial charge is 0.497 e. The van der Waals surface area contributed by atoms with Gasteiger partial charge in [-0.1, -0.05) is 49.3 Å². The van der Waals surface area contributed by atoms with Crippen LogP contribution < -0.4 is 10.3 Å². The van der Waals surface area contributed by atoms with Crippen molar-refractivity contribution < 1.29 is 9.53 Å². The van der Waals surface area contributed by atoms with Gasteiger partial charge in [-0.2, -0.15) is 0 Å². The molecule has 0 atom stereocenters. The van der Waals surface area contributed by atoms with E-state index in [0.717, 1.165) is 11.3 Å². The highest BCUT2D eigenvalue weighted by Gasteiger charge is 2.16. The van der Waals surface area contributed by atoms with Gasteiger partial charge in [-0.15, -0.1) is 0 Å². The van der Waals surface area contributed by atoms with Gasteiger partial charge < -0.3 is 9.64 Å². The van der Waals surface area contributed by atoms with Crippen molar-refractivity contribution >= 4 is 40.2 Å². The minimum atomic E-state index is -0.138. The maximum absolute atomic E-state index is 13.1. The molecular formula is C23H26ClN3O3S. The highest BCUT2D eigenvalue weighted by Crippen LogP contribution is 2.22. The number of hydrogen-bond donors (Lipinski definition) is 0. The second kappa shape index (κ2) is 10.2. The van der Waals surface area contributed by atoms with Crippen molar-refractivity contribution in [3.05, 3.63) is 63.4 Å². The van der Waals surface area contributed by atoms with Gasteiger partial charge in [0.15, 0.2) is 5.16 Å². The van der Waals surface area contributed by atoms with Crippen LogP contribution in [-0.2, 0) is 17.9 Å². The molecule has 1 amide bonds. The number of methoxy groups -OCH3 is 1. The van der Waals surface area contributed by atoms with Crippen LogP contribution in [0, 0.1) is 5.92 Å². The minimum absolute atomic E-state index is 0.0469. The number of rotatable bonds is 8. The van der Waals surface area contributed by atoms with Crippen LogP contribution in [0.5, 0.6) is 5.75 Å². The van der Waals surface area contributed by atoms with E-state index in [1.165, 1.54) is 11.8 Å². The molecule has 0 fully saturated rings. The number of halogens is 1. The predicted octanol–water partition coefficient (Wildman–Crippen LogP) is 4.47. The summed E-state index contributed by atoms with van der Waals surface area (Å²) >= 11 is 7.35. The van der Waals surface area contributed by atoms with Crippen LogP contribution in [0.2, 0.25) is 5.02 Å². The Kier molecular flexibility index (Phi) is 7.62. The summed E-state index contributed by atoms with van der Waals surface area (Å²) in [5.41, 5.74) is 1.42. The number of ether oxygens (including phenoxy) is 1. The average molecular weight is 460 g/mol. The van der Waals surface area contributed by atoms with Crippen LogP contribution in [0.15, 0.2) is 52.4 Å². The van der Waals surface area contributed by atoms with Gasteiger partial charge in [0.2, 0.25) is 5.91 Å². The van der Waals surface area contributed by atoms with Crippen LogP contribution in [0.4, 0.5) is 0 Å². The number of hydrogen-bond acceptors (Lipinski definition) is 5. The lowest BCUT2D eigenvalue weighted by Crippen LogP contribution is -2.29. The summed E-state index contributed by atoms with van der Waals surface area (Å²) in [5, 5.41) is 1.52. The molecule has 0 unspecified atom stereocenters. The topological polar surface area (TPSA) is 64.4 Å². The molecule has 0 aliphatic heterocycles. The summed E-state index contributed by atoms with van der Waals surface area (Å²) in [5.74, 6) is 1.14. The minimum Gasteiger partial charge on any atom is -0.497 e. The SMILES string of the molecule is COc1cccc(CN(C)C(=O)CSc2nc3ccc(Cl)cc3c(=O)n2CC(C)C)c1. The fourth-order valence-electron chi connectivity index (χ4n) is 3.18. The van der Waals surface area contributed by atoms with Crippen molar-refractivity contribution in [3.8, 4) is 5.75 Å². The standard InChI is InChI=1S/C23H26ClN3O3S/c1-15(2)12-27-22(29)19-11-17(24)8-9-20(19)25-23(27)31-14-21(28)26(3)13-16-6-5-7-18(10-16)30-4/h5-11,15H,12-14H2,1-4H3. The molecule has 2 aromatic carbocycles. The molecule has 8 heteroatoms. The van der Waals surface area contributed by atoms with E-state index in [1.807, 2.05) is 38.1 Å². The van der Waals surface area contributed by atoms with E-state index in [-0.39, 0.29) is 23.1 Å². The second-order valence-electron chi connectivity index (χ2n) is 7.76. The second-order valence-corrected chi connectivity index (χ2v) is 9.13. The molecule has 0 N–H and O–H groups in total. The van der Waals surface area contributed by atoms with Gasteiger partial charge in [-0.05, 0) is 41.8 Å². The molecule has 0 bridgehead atoms. The molecule has 6 nitrogen and oxygen atoms in total. The fourth-order valence-corrected chi connectivity index (χ4v) is 4.30. The monoisotopic (exact) mass is 459 g/mol. The number of benzene rings is 2. The summed E-state index contributed by atoms with van der Waals surface area (Å²) in [4.78, 5) is 32.1. The third kappa shape index (κ3) is 5.80. The third-order valence-corrected chi connectivity index (χ3v) is 5.93. The van der Waals surface area contributed by atoms with E-state index in [4.69, 9.17) is 16.3 Å². The highest BCUT2D eigenvalue weighted by molar-refractivity contribution is 7.99. The van der Waals surface area contributed by atoms with Crippen LogP contribution in [-0.4, -0.2) is 40.3 Å². The molecule has 164 valence electrons. The lowest BCUT2D eigenvalue weighted by atomic mass is 10.2. The number of aromatic nitrogens is 2. The Bertz CT molecular complexity index is 1150. The molecule has 0 aliphatic carbocycles. The number of fused-ring (bicyclic) bond motifs is 1. The number of carbonyl (C=O) groups excluding carboxylic acids is 1. The number of thioether (sulfide) groups is 1. The molecule has 0 saturated heterocycles. The van der Waals surface area contributed by atoms with E-state index in [2.05, 4.69) is 4.98 Å². The molecule has 1 heterocycles. The lowest BCUT2D eigenvalue weighted by molar-refractivity contribution is -0.127. The van der Waals surface area contributed by atoms with E-state index >= 15 is 0 Å². The van der Waals surface area contributed by atoms with E-state index in [9.17, 15) is 9.59 Å². The average Bonchev–Trinajstić information content (AvgIpc) is 2.74. The van der Waals surface area contributed by atoms with Crippen LogP contribution in [0.25, 0.3) is 10.9 Å². The van der Waals surface area contributed by atoms with E-state index in [0.29, 0.717) is 34.2 Å². The van der Waals surface area contributed by atoms with Crippen LogP contribution in [0.1, 0.15) is 19.4 Å². The highest BCUT2D eigenvalue weighted by atomic mass is 35.5. The zero-order valence-corrected chi connectivity index (χ0v) is 19.7.